The molecule has 0 atom stereocenters. The molecule has 1 aromatic heterocycles. The van der Waals surface area contributed by atoms with E-state index in [2.05, 4.69) is 17.4 Å². The Morgan fingerprint density at radius 3 is 2.34 bits per heavy atom. The number of alkyl halides is 3. The average Bonchev–Trinajstić information content (AvgIpc) is 3.06. The highest BCUT2D eigenvalue weighted by molar-refractivity contribution is 7.04. The molecule has 0 unspecified atom stereocenters. The van der Waals surface area contributed by atoms with E-state index in [0.717, 1.165) is 30.9 Å². The number of carbonyl (C=O) groups excluding carboxylic acids is 1. The SMILES string of the molecule is CCCCc1cn(C(C)(C)C)sc1=NC(=O)c1cccc(C(F)(F)F)c1ONC(C)(C)C. The second-order valence-corrected chi connectivity index (χ2v) is 10.7. The molecule has 0 aliphatic carbocycles. The van der Waals surface area contributed by atoms with Crippen molar-refractivity contribution in [3.8, 4) is 5.75 Å². The summed E-state index contributed by atoms with van der Waals surface area (Å²) in [6.07, 6.45) is -0.0830. The predicted molar refractivity (Wildman–Crippen MR) is 121 cm³/mol. The summed E-state index contributed by atoms with van der Waals surface area (Å²) in [5.41, 5.74) is 1.38. The Morgan fingerprint density at radius 2 is 1.81 bits per heavy atom. The summed E-state index contributed by atoms with van der Waals surface area (Å²) >= 11 is 1.32. The molecule has 178 valence electrons. The van der Waals surface area contributed by atoms with E-state index in [1.165, 1.54) is 23.7 Å². The first-order chi connectivity index (χ1) is 14.6. The average molecular weight is 472 g/mol. The van der Waals surface area contributed by atoms with Crippen molar-refractivity contribution in [3.63, 3.8) is 0 Å². The van der Waals surface area contributed by atoms with Gasteiger partial charge in [0.1, 0.15) is 10.2 Å². The molecule has 0 saturated carbocycles. The number of aryl methyl sites for hydroxylation is 1. The molecule has 0 spiro atoms. The van der Waals surface area contributed by atoms with E-state index in [9.17, 15) is 18.0 Å². The van der Waals surface area contributed by atoms with Crippen molar-refractivity contribution in [1.82, 2.24) is 9.44 Å². The number of amides is 1. The number of halogens is 3. The second-order valence-electron chi connectivity index (χ2n) is 9.70. The van der Waals surface area contributed by atoms with Crippen LogP contribution in [-0.4, -0.2) is 15.4 Å². The van der Waals surface area contributed by atoms with Crippen LogP contribution in [0.4, 0.5) is 13.2 Å². The molecule has 0 radical (unpaired) electrons. The molecule has 9 heteroatoms. The molecule has 1 N–H and O–H groups in total. The Morgan fingerprint density at radius 1 is 1.16 bits per heavy atom. The number of aromatic nitrogens is 1. The second kappa shape index (κ2) is 9.79. The van der Waals surface area contributed by atoms with Crippen LogP contribution in [-0.2, 0) is 18.1 Å². The minimum Gasteiger partial charge on any atom is -0.407 e. The molecular formula is C23H32F3N3O2S. The summed E-state index contributed by atoms with van der Waals surface area (Å²) in [7, 11) is 0. The number of carbonyl (C=O) groups is 1. The van der Waals surface area contributed by atoms with Crippen molar-refractivity contribution in [2.75, 3.05) is 0 Å². The highest BCUT2D eigenvalue weighted by Crippen LogP contribution is 2.38. The molecular weight excluding hydrogens is 439 g/mol. The lowest BCUT2D eigenvalue weighted by Gasteiger charge is -2.23. The van der Waals surface area contributed by atoms with Crippen LogP contribution >= 0.6 is 11.5 Å². The topological polar surface area (TPSA) is 55.6 Å². The van der Waals surface area contributed by atoms with Gasteiger partial charge in [0.25, 0.3) is 5.91 Å². The van der Waals surface area contributed by atoms with E-state index in [-0.39, 0.29) is 11.1 Å². The fourth-order valence-corrected chi connectivity index (χ4v) is 3.77. The Hall–Kier alpha value is -2.13. The highest BCUT2D eigenvalue weighted by atomic mass is 32.1. The molecule has 1 heterocycles. The summed E-state index contributed by atoms with van der Waals surface area (Å²) in [5, 5.41) is 0. The minimum absolute atomic E-state index is 0.205. The van der Waals surface area contributed by atoms with Crippen molar-refractivity contribution in [1.29, 1.82) is 0 Å². The maximum atomic E-state index is 13.6. The van der Waals surface area contributed by atoms with Crippen LogP contribution in [0.5, 0.6) is 5.75 Å². The minimum atomic E-state index is -4.68. The van der Waals surface area contributed by atoms with Gasteiger partial charge in [-0.25, -0.2) is 0 Å². The van der Waals surface area contributed by atoms with Gasteiger partial charge in [-0.15, -0.1) is 0 Å². The fraction of sp³-hybridized carbons (Fsp3) is 0.565. The van der Waals surface area contributed by atoms with Gasteiger partial charge in [0.15, 0.2) is 5.75 Å². The maximum absolute atomic E-state index is 13.6. The molecule has 0 bridgehead atoms. The molecule has 1 aromatic carbocycles. The lowest BCUT2D eigenvalue weighted by molar-refractivity contribution is -0.139. The predicted octanol–water partition coefficient (Wildman–Crippen LogP) is 6.09. The van der Waals surface area contributed by atoms with Gasteiger partial charge in [0.05, 0.1) is 5.56 Å². The van der Waals surface area contributed by atoms with E-state index >= 15 is 0 Å². The van der Waals surface area contributed by atoms with Gasteiger partial charge < -0.3 is 4.84 Å². The first kappa shape index (κ1) is 26.1. The fourth-order valence-electron chi connectivity index (χ4n) is 2.73. The van der Waals surface area contributed by atoms with Gasteiger partial charge in [-0.3, -0.25) is 8.75 Å². The number of rotatable bonds is 6. The van der Waals surface area contributed by atoms with Crippen LogP contribution in [0.2, 0.25) is 0 Å². The third kappa shape index (κ3) is 6.93. The zero-order chi connectivity index (χ0) is 24.3. The first-order valence-electron chi connectivity index (χ1n) is 10.6. The molecule has 5 nitrogen and oxygen atoms in total. The summed E-state index contributed by atoms with van der Waals surface area (Å²) in [6.45, 7) is 13.4. The molecule has 0 saturated heterocycles. The highest BCUT2D eigenvalue weighted by Gasteiger charge is 2.37. The number of nitrogens with zero attached hydrogens (tertiary/aromatic N) is 2. The number of nitrogens with one attached hydrogen (secondary N) is 1. The zero-order valence-electron chi connectivity index (χ0n) is 19.7. The lowest BCUT2D eigenvalue weighted by Crippen LogP contribution is -2.39. The largest absolute Gasteiger partial charge is 0.420 e. The number of unbranched alkanes of at least 4 members (excludes halogenated alkanes) is 1. The van der Waals surface area contributed by atoms with E-state index in [0.29, 0.717) is 4.67 Å². The number of hydrogen-bond donors (Lipinski definition) is 1. The zero-order valence-corrected chi connectivity index (χ0v) is 20.5. The molecule has 2 aromatic rings. The Labute approximate surface area is 191 Å². The normalized spacial score (nSPS) is 13.5. The summed E-state index contributed by atoms with van der Waals surface area (Å²) in [6, 6.07) is 3.39. The smallest absolute Gasteiger partial charge is 0.407 e. The number of benzene rings is 1. The van der Waals surface area contributed by atoms with Crippen molar-refractivity contribution in [2.24, 2.45) is 4.99 Å². The van der Waals surface area contributed by atoms with E-state index in [1.54, 1.807) is 20.8 Å². The van der Waals surface area contributed by atoms with Gasteiger partial charge >= 0.3 is 6.18 Å². The number of hydroxylamine groups is 1. The first-order valence-corrected chi connectivity index (χ1v) is 11.4. The van der Waals surface area contributed by atoms with Crippen LogP contribution in [0.3, 0.4) is 0 Å². The van der Waals surface area contributed by atoms with Crippen molar-refractivity contribution in [2.45, 2.75) is 85.0 Å². The third-order valence-electron chi connectivity index (χ3n) is 4.41. The van der Waals surface area contributed by atoms with Crippen LogP contribution < -0.4 is 15.0 Å². The summed E-state index contributed by atoms with van der Waals surface area (Å²) < 4.78 is 43.4. The summed E-state index contributed by atoms with van der Waals surface area (Å²) in [4.78, 5) is 22.6. The van der Waals surface area contributed by atoms with Crippen molar-refractivity contribution >= 4 is 17.4 Å². The van der Waals surface area contributed by atoms with E-state index in [1.807, 2.05) is 30.9 Å². The van der Waals surface area contributed by atoms with Crippen molar-refractivity contribution in [3.05, 3.63) is 45.8 Å². The lowest BCUT2D eigenvalue weighted by atomic mass is 10.1. The standard InChI is InChI=1S/C23H32F3N3O2S/c1-8-9-11-15-14-29(22(5,6)7)32-20(15)27-19(30)16-12-10-13-17(23(24,25)26)18(16)31-28-21(2,3)4/h10,12-14,28H,8-9,11H2,1-7H3. The van der Waals surface area contributed by atoms with Gasteiger partial charge in [0.2, 0.25) is 0 Å². The van der Waals surface area contributed by atoms with E-state index < -0.39 is 28.9 Å². The molecule has 0 aliphatic heterocycles. The third-order valence-corrected chi connectivity index (χ3v) is 5.78. The van der Waals surface area contributed by atoms with Gasteiger partial charge in [-0.1, -0.05) is 19.4 Å². The molecule has 0 aliphatic rings. The van der Waals surface area contributed by atoms with Crippen LogP contribution in [0.15, 0.2) is 29.4 Å². The molecule has 0 fully saturated rings. The number of para-hydroxylation sites is 1. The Bertz CT molecular complexity index is 1010. The molecule has 32 heavy (non-hydrogen) atoms. The van der Waals surface area contributed by atoms with Gasteiger partial charge in [-0.2, -0.15) is 23.6 Å². The Kier molecular flexibility index (Phi) is 7.99. The molecule has 2 rings (SSSR count). The van der Waals surface area contributed by atoms with Gasteiger partial charge in [-0.05, 0) is 78.0 Å². The summed E-state index contributed by atoms with van der Waals surface area (Å²) in [5.74, 6) is -1.35. The van der Waals surface area contributed by atoms with Crippen LogP contribution in [0.25, 0.3) is 0 Å². The van der Waals surface area contributed by atoms with Crippen LogP contribution in [0.1, 0.15) is 82.8 Å². The monoisotopic (exact) mass is 471 g/mol. The quantitative estimate of drug-likeness (QED) is 0.519. The van der Waals surface area contributed by atoms with E-state index in [4.69, 9.17) is 4.84 Å². The maximum Gasteiger partial charge on any atom is 0.420 e. The van der Waals surface area contributed by atoms with Crippen molar-refractivity contribution < 1.29 is 22.8 Å². The Balaban J connectivity index is 2.60. The molecule has 1 amide bonds. The van der Waals surface area contributed by atoms with Crippen LogP contribution in [0, 0.1) is 0 Å². The van der Waals surface area contributed by atoms with Gasteiger partial charge in [0, 0.05) is 22.8 Å². The number of hydrogen-bond acceptors (Lipinski definition) is 4.